The second kappa shape index (κ2) is 10.1. The van der Waals surface area contributed by atoms with Crippen LogP contribution < -0.4 is 0 Å². The van der Waals surface area contributed by atoms with Gasteiger partial charge in [0, 0.05) is 31.1 Å². The van der Waals surface area contributed by atoms with Crippen molar-refractivity contribution in [2.75, 3.05) is 19.7 Å². The molecule has 1 aliphatic rings. The molecule has 0 saturated carbocycles. The van der Waals surface area contributed by atoms with Gasteiger partial charge in [0.25, 0.3) is 10.0 Å². The zero-order valence-corrected chi connectivity index (χ0v) is 21.5. The van der Waals surface area contributed by atoms with Gasteiger partial charge in [0.1, 0.15) is 5.69 Å². The van der Waals surface area contributed by atoms with Gasteiger partial charge in [-0.2, -0.15) is 4.31 Å². The number of rotatable bonds is 6. The first-order valence-corrected chi connectivity index (χ1v) is 14.7. The van der Waals surface area contributed by atoms with Crippen LogP contribution in [0.2, 0.25) is 0 Å². The number of nitrogens with zero attached hydrogens (tertiary/aromatic N) is 3. The summed E-state index contributed by atoms with van der Waals surface area (Å²) in [5.74, 6) is 5.67. The molecule has 0 amide bonds. The van der Waals surface area contributed by atoms with Crippen LogP contribution in [0.4, 0.5) is 0 Å². The molecule has 1 aliphatic heterocycles. The van der Waals surface area contributed by atoms with Crippen molar-refractivity contribution in [3.05, 3.63) is 78.6 Å². The monoisotopic (exact) mass is 535 g/mol. The highest BCUT2D eigenvalue weighted by Gasteiger charge is 2.28. The van der Waals surface area contributed by atoms with Crippen molar-refractivity contribution < 1.29 is 21.9 Å². The van der Waals surface area contributed by atoms with Crippen molar-refractivity contribution in [3.8, 4) is 23.0 Å². The summed E-state index contributed by atoms with van der Waals surface area (Å²) < 4.78 is 55.7. The van der Waals surface area contributed by atoms with Crippen molar-refractivity contribution in [2.45, 2.75) is 29.1 Å². The maximum atomic E-state index is 13.6. The molecule has 5 rings (SSSR count). The summed E-state index contributed by atoms with van der Waals surface area (Å²) in [6.45, 7) is 0.909. The lowest BCUT2D eigenvalue weighted by Crippen LogP contribution is -2.27. The molecular weight excluding hydrogens is 510 g/mol. The molecule has 2 aromatic heterocycles. The van der Waals surface area contributed by atoms with Gasteiger partial charge in [-0.05, 0) is 66.3 Å². The van der Waals surface area contributed by atoms with E-state index in [9.17, 15) is 16.8 Å². The van der Waals surface area contributed by atoms with Crippen molar-refractivity contribution in [1.29, 1.82) is 0 Å². The number of aromatic nitrogens is 2. The fourth-order valence-corrected chi connectivity index (χ4v) is 7.41. The zero-order valence-electron chi connectivity index (χ0n) is 19.9. The minimum absolute atomic E-state index is 0.0985. The van der Waals surface area contributed by atoms with Gasteiger partial charge in [-0.1, -0.05) is 36.3 Å². The Labute approximate surface area is 216 Å². The third-order valence-corrected chi connectivity index (χ3v) is 9.90. The third kappa shape index (κ3) is 4.67. The molecule has 3 heterocycles. The van der Waals surface area contributed by atoms with E-state index in [1.165, 1.54) is 22.6 Å². The Balaban J connectivity index is 1.64. The average molecular weight is 536 g/mol. The molecule has 37 heavy (non-hydrogen) atoms. The zero-order chi connectivity index (χ0) is 26.0. The molecular formula is C27H25N3O5S2. The molecule has 2 aromatic carbocycles. The summed E-state index contributed by atoms with van der Waals surface area (Å²) in [5, 5.41) is 9.71. The number of sulfonamides is 1. The van der Waals surface area contributed by atoms with E-state index in [4.69, 9.17) is 5.11 Å². The second-order valence-electron chi connectivity index (χ2n) is 8.62. The Hall–Kier alpha value is -3.49. The van der Waals surface area contributed by atoms with E-state index in [1.54, 1.807) is 54.6 Å². The molecule has 0 atom stereocenters. The van der Waals surface area contributed by atoms with Crippen LogP contribution in [0.25, 0.3) is 22.2 Å². The van der Waals surface area contributed by atoms with Gasteiger partial charge >= 0.3 is 0 Å². The highest BCUT2D eigenvalue weighted by Crippen LogP contribution is 2.33. The lowest BCUT2D eigenvalue weighted by Gasteiger charge is -2.15. The maximum Gasteiger partial charge on any atom is 0.270 e. The molecule has 1 fully saturated rings. The van der Waals surface area contributed by atoms with Crippen molar-refractivity contribution in [2.24, 2.45) is 0 Å². The van der Waals surface area contributed by atoms with Gasteiger partial charge in [0.05, 0.1) is 16.4 Å². The predicted octanol–water partition coefficient (Wildman–Crippen LogP) is 3.46. The van der Waals surface area contributed by atoms with Crippen LogP contribution in [0.3, 0.4) is 0 Å². The first-order valence-electron chi connectivity index (χ1n) is 11.9. The summed E-state index contributed by atoms with van der Waals surface area (Å²) in [4.78, 5) is 4.70. The molecule has 10 heteroatoms. The largest absolute Gasteiger partial charge is 0.395 e. The van der Waals surface area contributed by atoms with Gasteiger partial charge in [0.2, 0.25) is 10.0 Å². The molecule has 1 N–H and O–H groups in total. The number of hydrogen-bond donors (Lipinski definition) is 1. The molecule has 0 aliphatic carbocycles. The number of benzene rings is 2. The average Bonchev–Trinajstić information content (AvgIpc) is 3.58. The minimum atomic E-state index is -4.02. The van der Waals surface area contributed by atoms with Gasteiger partial charge in [-0.25, -0.2) is 25.8 Å². The normalized spacial score (nSPS) is 14.5. The first kappa shape index (κ1) is 25.2. The van der Waals surface area contributed by atoms with Crippen molar-refractivity contribution >= 4 is 31.1 Å². The fourth-order valence-electron chi connectivity index (χ4n) is 4.45. The predicted molar refractivity (Wildman–Crippen MR) is 141 cm³/mol. The Bertz CT molecular complexity index is 1710. The summed E-state index contributed by atoms with van der Waals surface area (Å²) in [6.07, 6.45) is 3.44. The van der Waals surface area contributed by atoms with E-state index < -0.39 is 20.0 Å². The minimum Gasteiger partial charge on any atom is -0.395 e. The third-order valence-electron chi connectivity index (χ3n) is 6.26. The van der Waals surface area contributed by atoms with Crippen LogP contribution in [0.1, 0.15) is 25.0 Å². The molecule has 0 radical (unpaired) electrons. The van der Waals surface area contributed by atoms with Gasteiger partial charge in [-0.15, -0.1) is 0 Å². The standard InChI is InChI=1S/C27H25N3O5S2/c31-19-7-4-8-22-20-26-25(21-11-13-24(14-12-21)36(32,33)29-17-5-6-18-29)15-16-28-27(26)30(22)37(34,35)23-9-2-1-3-10-23/h1-3,9-16,20,31H,5-7,17-19H2. The summed E-state index contributed by atoms with van der Waals surface area (Å²) >= 11 is 0. The van der Waals surface area contributed by atoms with Gasteiger partial charge < -0.3 is 5.11 Å². The van der Waals surface area contributed by atoms with Crippen LogP contribution in [-0.2, 0) is 20.0 Å². The Kier molecular flexibility index (Phi) is 6.88. The lowest BCUT2D eigenvalue weighted by atomic mass is 10.0. The molecule has 190 valence electrons. The van der Waals surface area contributed by atoms with E-state index in [1.807, 2.05) is 0 Å². The number of pyridine rings is 1. The highest BCUT2D eigenvalue weighted by molar-refractivity contribution is 7.90. The van der Waals surface area contributed by atoms with E-state index in [0.29, 0.717) is 24.0 Å². The topological polar surface area (TPSA) is 110 Å². The SMILES string of the molecule is O=S(=O)(c1ccc(-c2ccnc3c2cc(C#CCCO)n3S(=O)(=O)c2ccccc2)cc1)N1CCCC1. The molecule has 0 bridgehead atoms. The van der Waals surface area contributed by atoms with Crippen LogP contribution in [-0.4, -0.2) is 54.9 Å². The van der Waals surface area contributed by atoms with Gasteiger partial charge in [0.15, 0.2) is 5.65 Å². The Morgan fingerprint density at radius 3 is 2.22 bits per heavy atom. The molecule has 8 nitrogen and oxygen atoms in total. The molecule has 0 unspecified atom stereocenters. The summed E-state index contributed by atoms with van der Waals surface area (Å²) in [6, 6.07) is 18.1. The Morgan fingerprint density at radius 1 is 0.865 bits per heavy atom. The number of fused-ring (bicyclic) bond motifs is 1. The maximum absolute atomic E-state index is 13.6. The van der Waals surface area contributed by atoms with E-state index >= 15 is 0 Å². The molecule has 0 spiro atoms. The smallest absolute Gasteiger partial charge is 0.270 e. The second-order valence-corrected chi connectivity index (χ2v) is 12.3. The van der Waals surface area contributed by atoms with Crippen molar-refractivity contribution in [3.63, 3.8) is 0 Å². The fraction of sp³-hybridized carbons (Fsp3) is 0.222. The van der Waals surface area contributed by atoms with Crippen LogP contribution in [0.5, 0.6) is 0 Å². The van der Waals surface area contributed by atoms with Crippen molar-refractivity contribution in [1.82, 2.24) is 13.3 Å². The first-order chi connectivity index (χ1) is 17.8. The van der Waals surface area contributed by atoms with E-state index in [2.05, 4.69) is 16.8 Å². The lowest BCUT2D eigenvalue weighted by molar-refractivity contribution is 0.305. The number of hydrogen-bond acceptors (Lipinski definition) is 6. The van der Waals surface area contributed by atoms with Crippen LogP contribution in [0.15, 0.2) is 82.7 Å². The quantitative estimate of drug-likeness (QED) is 0.379. The number of aliphatic hydroxyl groups is 1. The summed E-state index contributed by atoms with van der Waals surface area (Å²) in [7, 11) is -7.57. The molecule has 4 aromatic rings. The van der Waals surface area contributed by atoms with Crippen LogP contribution in [0, 0.1) is 11.8 Å². The van der Waals surface area contributed by atoms with E-state index in [0.717, 1.165) is 22.4 Å². The van der Waals surface area contributed by atoms with E-state index in [-0.39, 0.29) is 34.2 Å². The number of aliphatic hydroxyl groups excluding tert-OH is 1. The summed E-state index contributed by atoms with van der Waals surface area (Å²) in [5.41, 5.74) is 1.85. The van der Waals surface area contributed by atoms with Gasteiger partial charge in [-0.3, -0.25) is 0 Å². The Morgan fingerprint density at radius 2 is 1.54 bits per heavy atom. The molecule has 1 saturated heterocycles. The van der Waals surface area contributed by atoms with Crippen LogP contribution >= 0.6 is 0 Å². The highest BCUT2D eigenvalue weighted by atomic mass is 32.2.